The molecule has 0 radical (unpaired) electrons. The molecule has 0 atom stereocenters. The lowest BCUT2D eigenvalue weighted by Gasteiger charge is -2.10. The average Bonchev–Trinajstić information content (AvgIpc) is 3.65. The molecule has 8 aromatic rings. The highest BCUT2D eigenvalue weighted by Crippen LogP contribution is 2.42. The fourth-order valence-electron chi connectivity index (χ4n) is 6.53. The Morgan fingerprint density at radius 3 is 1.67 bits per heavy atom. The van der Waals surface area contributed by atoms with Crippen LogP contribution in [-0.4, -0.2) is 4.57 Å². The predicted octanol–water partition coefficient (Wildman–Crippen LogP) is 10.9. The minimum atomic E-state index is 0.407. The second-order valence-corrected chi connectivity index (χ2v) is 10.9. The van der Waals surface area contributed by atoms with Gasteiger partial charge < -0.3 is 8.98 Å². The van der Waals surface area contributed by atoms with E-state index in [4.69, 9.17) is 17.6 Å². The summed E-state index contributed by atoms with van der Waals surface area (Å²) in [4.78, 5) is 7.43. The van der Waals surface area contributed by atoms with Gasteiger partial charge in [0.15, 0.2) is 11.4 Å². The maximum Gasteiger partial charge on any atom is 0.196 e. The molecule has 2 aromatic heterocycles. The molecule has 8 rings (SSSR count). The van der Waals surface area contributed by atoms with Crippen LogP contribution in [0.15, 0.2) is 120 Å². The molecule has 0 amide bonds. The molecule has 0 saturated carbocycles. The summed E-state index contributed by atoms with van der Waals surface area (Å²) in [5.41, 5.74) is 8.81. The lowest BCUT2D eigenvalue weighted by molar-refractivity contribution is 0.669. The Balaban J connectivity index is 1.47. The summed E-state index contributed by atoms with van der Waals surface area (Å²) >= 11 is 0. The van der Waals surface area contributed by atoms with Crippen molar-refractivity contribution in [2.75, 3.05) is 0 Å². The van der Waals surface area contributed by atoms with Crippen LogP contribution in [0, 0.1) is 35.8 Å². The standard InChI is InChI=1S/C40H19N5O/c1-43-33-10-5-7-26(22-41)39(33)24-13-16-35-30(19-24)31-20-25(40-27(23-42)8-6-11-34(40)44-2)14-17-36(31)45(35)28-15-18-38-32(21-28)29-9-3-4-12-37(29)46-38/h3-21H. The van der Waals surface area contributed by atoms with Crippen molar-refractivity contribution in [1.29, 1.82) is 10.5 Å². The number of hydrogen-bond acceptors (Lipinski definition) is 3. The predicted molar refractivity (Wildman–Crippen MR) is 181 cm³/mol. The monoisotopic (exact) mass is 585 g/mol. The highest BCUT2D eigenvalue weighted by molar-refractivity contribution is 6.13. The van der Waals surface area contributed by atoms with Crippen LogP contribution in [0.3, 0.4) is 0 Å². The van der Waals surface area contributed by atoms with E-state index in [9.17, 15) is 10.5 Å². The molecule has 0 unspecified atom stereocenters. The molecular formula is C40H19N5O. The lowest BCUT2D eigenvalue weighted by Crippen LogP contribution is -1.94. The van der Waals surface area contributed by atoms with E-state index in [1.54, 1.807) is 36.4 Å². The van der Waals surface area contributed by atoms with Gasteiger partial charge in [-0.25, -0.2) is 9.69 Å². The molecule has 210 valence electrons. The average molecular weight is 586 g/mol. The molecule has 2 heterocycles. The normalized spacial score (nSPS) is 11.0. The number of fused-ring (bicyclic) bond motifs is 6. The molecule has 0 aliphatic heterocycles. The Bertz CT molecular complexity index is 2560. The topological polar surface area (TPSA) is 74.4 Å². The minimum Gasteiger partial charge on any atom is -0.456 e. The highest BCUT2D eigenvalue weighted by atomic mass is 16.3. The summed E-state index contributed by atoms with van der Waals surface area (Å²) in [6, 6.07) is 41.0. The molecule has 0 fully saturated rings. The van der Waals surface area contributed by atoms with Crippen LogP contribution < -0.4 is 0 Å². The number of rotatable bonds is 3. The number of nitriles is 2. The first-order valence-electron chi connectivity index (χ1n) is 14.5. The Morgan fingerprint density at radius 2 is 1.11 bits per heavy atom. The number of nitrogens with zero attached hydrogens (tertiary/aromatic N) is 5. The van der Waals surface area contributed by atoms with Crippen LogP contribution >= 0.6 is 0 Å². The maximum atomic E-state index is 9.93. The van der Waals surface area contributed by atoms with Crippen molar-refractivity contribution in [3.05, 3.63) is 149 Å². The van der Waals surface area contributed by atoms with E-state index in [0.29, 0.717) is 33.6 Å². The third kappa shape index (κ3) is 3.86. The van der Waals surface area contributed by atoms with Crippen molar-refractivity contribution >= 4 is 55.1 Å². The molecule has 0 spiro atoms. The highest BCUT2D eigenvalue weighted by Gasteiger charge is 2.19. The van der Waals surface area contributed by atoms with Gasteiger partial charge in [0.1, 0.15) is 11.2 Å². The molecule has 46 heavy (non-hydrogen) atoms. The molecule has 0 saturated heterocycles. The van der Waals surface area contributed by atoms with Crippen molar-refractivity contribution in [3.8, 4) is 40.1 Å². The number of hydrogen-bond donors (Lipinski definition) is 0. The summed E-state index contributed by atoms with van der Waals surface area (Å²) < 4.78 is 8.30. The van der Waals surface area contributed by atoms with E-state index in [1.165, 1.54) is 0 Å². The van der Waals surface area contributed by atoms with Crippen LogP contribution in [0.5, 0.6) is 0 Å². The van der Waals surface area contributed by atoms with Gasteiger partial charge >= 0.3 is 0 Å². The van der Waals surface area contributed by atoms with Gasteiger partial charge in [-0.2, -0.15) is 10.5 Å². The van der Waals surface area contributed by atoms with Crippen molar-refractivity contribution in [2.45, 2.75) is 0 Å². The molecule has 6 heteroatoms. The Kier molecular flexibility index (Phi) is 5.91. The number of benzene rings is 6. The number of furan rings is 1. The van der Waals surface area contributed by atoms with Crippen LogP contribution in [0.2, 0.25) is 0 Å². The van der Waals surface area contributed by atoms with Gasteiger partial charge in [-0.15, -0.1) is 0 Å². The first-order chi connectivity index (χ1) is 22.6. The Morgan fingerprint density at radius 1 is 0.543 bits per heavy atom. The zero-order valence-corrected chi connectivity index (χ0v) is 24.1. The van der Waals surface area contributed by atoms with E-state index in [2.05, 4.69) is 38.5 Å². The van der Waals surface area contributed by atoms with Gasteiger partial charge in [0.05, 0.1) is 36.3 Å². The second-order valence-electron chi connectivity index (χ2n) is 10.9. The van der Waals surface area contributed by atoms with Crippen molar-refractivity contribution in [3.63, 3.8) is 0 Å². The van der Waals surface area contributed by atoms with Crippen LogP contribution in [0.1, 0.15) is 11.1 Å². The molecule has 0 bridgehead atoms. The molecule has 0 N–H and O–H groups in total. The first kappa shape index (κ1) is 26.5. The smallest absolute Gasteiger partial charge is 0.196 e. The van der Waals surface area contributed by atoms with Gasteiger partial charge in [-0.05, 0) is 71.8 Å². The lowest BCUT2D eigenvalue weighted by atomic mass is 9.95. The van der Waals surface area contributed by atoms with Gasteiger partial charge in [-0.3, -0.25) is 0 Å². The zero-order valence-electron chi connectivity index (χ0n) is 24.1. The van der Waals surface area contributed by atoms with Crippen molar-refractivity contribution in [2.24, 2.45) is 0 Å². The summed E-state index contributed by atoms with van der Waals surface area (Å²) in [5, 5.41) is 23.7. The van der Waals surface area contributed by atoms with Crippen molar-refractivity contribution in [1.82, 2.24) is 4.57 Å². The molecule has 6 nitrogen and oxygen atoms in total. The van der Waals surface area contributed by atoms with Crippen LogP contribution in [0.25, 0.3) is 81.4 Å². The molecule has 0 aliphatic carbocycles. The summed E-state index contributed by atoms with van der Waals surface area (Å²) in [6.45, 7) is 15.6. The van der Waals surface area contributed by atoms with Crippen molar-refractivity contribution < 1.29 is 4.42 Å². The minimum absolute atomic E-state index is 0.407. The van der Waals surface area contributed by atoms with Gasteiger partial charge in [0, 0.05) is 49.5 Å². The zero-order chi connectivity index (χ0) is 31.4. The van der Waals surface area contributed by atoms with Crippen LogP contribution in [0.4, 0.5) is 11.4 Å². The molecule has 6 aromatic carbocycles. The number of para-hydroxylation sites is 1. The first-order valence-corrected chi connectivity index (χ1v) is 14.5. The van der Waals surface area contributed by atoms with Gasteiger partial charge in [-0.1, -0.05) is 54.6 Å². The molecule has 0 aliphatic rings. The maximum absolute atomic E-state index is 9.93. The summed E-state index contributed by atoms with van der Waals surface area (Å²) in [5.74, 6) is 0. The van der Waals surface area contributed by atoms with Gasteiger partial charge in [0.2, 0.25) is 0 Å². The van der Waals surface area contributed by atoms with E-state index in [0.717, 1.165) is 60.6 Å². The third-order valence-electron chi connectivity index (χ3n) is 8.53. The SMILES string of the molecule is [C-]#[N+]c1cccc(C#N)c1-c1ccc2c(c1)c1cc(-c3c(C#N)cccc3[N+]#[C-])ccc1n2-c1ccc2oc3ccccc3c2c1. The molecular weight excluding hydrogens is 566 g/mol. The van der Waals surface area contributed by atoms with Gasteiger partial charge in [0.25, 0.3) is 0 Å². The number of aromatic nitrogens is 1. The second kappa shape index (κ2) is 10.3. The van der Waals surface area contributed by atoms with E-state index in [-0.39, 0.29) is 0 Å². The van der Waals surface area contributed by atoms with E-state index < -0.39 is 0 Å². The van der Waals surface area contributed by atoms with Crippen LogP contribution in [-0.2, 0) is 0 Å². The van der Waals surface area contributed by atoms with E-state index >= 15 is 0 Å². The quantitative estimate of drug-likeness (QED) is 0.194. The third-order valence-corrected chi connectivity index (χ3v) is 8.53. The largest absolute Gasteiger partial charge is 0.456 e. The summed E-state index contributed by atoms with van der Waals surface area (Å²) in [7, 11) is 0. The fraction of sp³-hybridized carbons (Fsp3) is 0. The fourth-order valence-corrected chi connectivity index (χ4v) is 6.53. The van der Waals surface area contributed by atoms with E-state index in [1.807, 2.05) is 66.7 Å². The summed E-state index contributed by atoms with van der Waals surface area (Å²) in [6.07, 6.45) is 0. The Hall–Kier alpha value is -7.12. The Labute approximate surface area is 263 Å².